The van der Waals surface area contributed by atoms with E-state index in [4.69, 9.17) is 5.11 Å². The Hall–Kier alpha value is -1.70. The first kappa shape index (κ1) is 17.4. The Morgan fingerprint density at radius 3 is 2.71 bits per heavy atom. The highest BCUT2D eigenvalue weighted by molar-refractivity contribution is 5.86. The molecule has 2 N–H and O–H groups in total. The zero-order chi connectivity index (χ0) is 16.0. The zero-order valence-electron chi connectivity index (χ0n) is 11.9. The Bertz CT molecular complexity index is 393. The van der Waals surface area contributed by atoms with Crippen molar-refractivity contribution in [3.8, 4) is 0 Å². The van der Waals surface area contributed by atoms with Crippen LogP contribution in [-0.4, -0.2) is 63.9 Å². The van der Waals surface area contributed by atoms with Crippen molar-refractivity contribution in [2.75, 3.05) is 13.1 Å². The van der Waals surface area contributed by atoms with Crippen LogP contribution in [-0.2, 0) is 14.4 Å². The summed E-state index contributed by atoms with van der Waals surface area (Å²) in [5.41, 5.74) is 0. The molecule has 0 saturated carbocycles. The molecule has 120 valence electrons. The Morgan fingerprint density at radius 2 is 2.19 bits per heavy atom. The third-order valence-electron chi connectivity index (χ3n) is 3.60. The Labute approximate surface area is 122 Å². The molecule has 7 nitrogen and oxygen atoms in total. The van der Waals surface area contributed by atoms with Gasteiger partial charge in [0.15, 0.2) is 0 Å². The van der Waals surface area contributed by atoms with Crippen molar-refractivity contribution in [3.05, 3.63) is 0 Å². The van der Waals surface area contributed by atoms with Gasteiger partial charge in [0, 0.05) is 6.42 Å². The quantitative estimate of drug-likeness (QED) is 0.390. The number of nitrogens with zero attached hydrogens (tertiary/aromatic N) is 2. The largest absolute Gasteiger partial charge is 0.480 e. The van der Waals surface area contributed by atoms with E-state index in [2.05, 4.69) is 0 Å². The first-order valence-electron chi connectivity index (χ1n) is 6.98. The van der Waals surface area contributed by atoms with Crippen LogP contribution in [0.25, 0.3) is 0 Å². The Morgan fingerprint density at radius 1 is 1.52 bits per heavy atom. The first-order valence-corrected chi connectivity index (χ1v) is 6.98. The molecule has 3 atom stereocenters. The van der Waals surface area contributed by atoms with Gasteiger partial charge in [0.25, 0.3) is 0 Å². The number of carboxylic acids is 1. The predicted octanol–water partition coefficient (Wildman–Crippen LogP) is 0.664. The number of carbonyl (C=O) groups is 3. The van der Waals surface area contributed by atoms with Crippen LogP contribution in [0.2, 0.25) is 0 Å². The fraction of sp³-hybridized carbons (Fsp3) is 0.769. The molecular formula is C13H21FN2O5. The maximum absolute atomic E-state index is 13.4. The molecule has 0 aromatic carbocycles. The van der Waals surface area contributed by atoms with Gasteiger partial charge in [0.1, 0.15) is 12.2 Å². The van der Waals surface area contributed by atoms with Gasteiger partial charge in [0.2, 0.25) is 12.3 Å². The van der Waals surface area contributed by atoms with Crippen molar-refractivity contribution in [3.63, 3.8) is 0 Å². The summed E-state index contributed by atoms with van der Waals surface area (Å²) in [5.74, 6) is -2.50. The van der Waals surface area contributed by atoms with Crippen LogP contribution < -0.4 is 0 Å². The van der Waals surface area contributed by atoms with Gasteiger partial charge in [-0.05, 0) is 6.42 Å². The number of amides is 2. The van der Waals surface area contributed by atoms with Crippen LogP contribution in [0, 0.1) is 5.92 Å². The zero-order valence-corrected chi connectivity index (χ0v) is 11.9. The third kappa shape index (κ3) is 4.66. The van der Waals surface area contributed by atoms with Gasteiger partial charge < -0.3 is 10.0 Å². The highest BCUT2D eigenvalue weighted by Gasteiger charge is 2.41. The van der Waals surface area contributed by atoms with Gasteiger partial charge >= 0.3 is 5.97 Å². The summed E-state index contributed by atoms with van der Waals surface area (Å²) in [5, 5.41) is 18.7. The van der Waals surface area contributed by atoms with Crippen LogP contribution in [0.4, 0.5) is 4.39 Å². The summed E-state index contributed by atoms with van der Waals surface area (Å²) in [7, 11) is 0. The standard InChI is InChI=1S/C13H21FN2O5/c1-2-3-4-9(6-15(21)8-17)12(18)16-7-10(14)5-11(16)13(19)20/h8-11,21H,2-7H2,1H3,(H,19,20). The maximum Gasteiger partial charge on any atom is 0.326 e. The summed E-state index contributed by atoms with van der Waals surface area (Å²) in [6.45, 7) is 1.44. The van der Waals surface area contributed by atoms with Crippen LogP contribution in [0.1, 0.15) is 32.6 Å². The molecular weight excluding hydrogens is 283 g/mol. The van der Waals surface area contributed by atoms with E-state index < -0.39 is 30.0 Å². The Kier molecular flexibility index (Phi) is 6.54. The molecule has 1 aliphatic heterocycles. The summed E-state index contributed by atoms with van der Waals surface area (Å²) in [6, 6.07) is -1.18. The number of unbranched alkanes of at least 4 members (excludes halogenated alkanes) is 1. The molecule has 1 saturated heterocycles. The Balaban J connectivity index is 2.82. The minimum Gasteiger partial charge on any atom is -0.480 e. The molecule has 1 rings (SSSR count). The normalized spacial score (nSPS) is 22.9. The fourth-order valence-electron chi connectivity index (χ4n) is 2.51. The highest BCUT2D eigenvalue weighted by atomic mass is 19.1. The summed E-state index contributed by atoms with van der Waals surface area (Å²) >= 11 is 0. The molecule has 1 aliphatic rings. The first-order chi connectivity index (χ1) is 9.90. The topological polar surface area (TPSA) is 98.2 Å². The number of rotatable bonds is 8. The number of hydroxylamine groups is 2. The van der Waals surface area contributed by atoms with Gasteiger partial charge in [-0.1, -0.05) is 19.8 Å². The minimum atomic E-state index is -1.36. The second-order valence-electron chi connectivity index (χ2n) is 5.24. The van der Waals surface area contributed by atoms with E-state index in [1.165, 1.54) is 0 Å². The molecule has 0 aromatic rings. The third-order valence-corrected chi connectivity index (χ3v) is 3.60. The van der Waals surface area contributed by atoms with E-state index in [1.807, 2.05) is 6.92 Å². The lowest BCUT2D eigenvalue weighted by molar-refractivity contribution is -0.159. The van der Waals surface area contributed by atoms with E-state index in [0.29, 0.717) is 17.9 Å². The lowest BCUT2D eigenvalue weighted by Gasteiger charge is -2.27. The highest BCUT2D eigenvalue weighted by Crippen LogP contribution is 2.24. The molecule has 0 aromatic heterocycles. The smallest absolute Gasteiger partial charge is 0.326 e. The fourth-order valence-corrected chi connectivity index (χ4v) is 2.51. The van der Waals surface area contributed by atoms with Crippen LogP contribution in [0.3, 0.4) is 0 Å². The molecule has 3 unspecified atom stereocenters. The summed E-state index contributed by atoms with van der Waals surface area (Å²) < 4.78 is 13.4. The molecule has 1 fully saturated rings. The lowest BCUT2D eigenvalue weighted by Crippen LogP contribution is -2.46. The number of alkyl halides is 1. The lowest BCUT2D eigenvalue weighted by atomic mass is 10.00. The van der Waals surface area contributed by atoms with Crippen molar-refractivity contribution < 1.29 is 29.1 Å². The minimum absolute atomic E-state index is 0.183. The van der Waals surface area contributed by atoms with Crippen molar-refractivity contribution in [2.45, 2.75) is 44.8 Å². The average molecular weight is 304 g/mol. The van der Waals surface area contributed by atoms with Gasteiger partial charge in [-0.25, -0.2) is 14.2 Å². The van der Waals surface area contributed by atoms with E-state index in [-0.39, 0.29) is 25.9 Å². The van der Waals surface area contributed by atoms with Crippen LogP contribution >= 0.6 is 0 Å². The molecule has 2 amide bonds. The van der Waals surface area contributed by atoms with Crippen molar-refractivity contribution in [1.82, 2.24) is 9.96 Å². The van der Waals surface area contributed by atoms with Gasteiger partial charge in [-0.15, -0.1) is 0 Å². The number of likely N-dealkylation sites (tertiary alicyclic amines) is 1. The number of hydrogen-bond donors (Lipinski definition) is 2. The molecule has 0 radical (unpaired) electrons. The van der Waals surface area contributed by atoms with E-state index in [0.717, 1.165) is 11.3 Å². The van der Waals surface area contributed by atoms with Crippen LogP contribution in [0.5, 0.6) is 0 Å². The summed E-state index contributed by atoms with van der Waals surface area (Å²) in [6.07, 6.45) is 0.497. The summed E-state index contributed by atoms with van der Waals surface area (Å²) in [4.78, 5) is 35.0. The van der Waals surface area contributed by atoms with E-state index >= 15 is 0 Å². The van der Waals surface area contributed by atoms with Gasteiger partial charge in [-0.2, -0.15) is 0 Å². The number of hydrogen-bond acceptors (Lipinski definition) is 4. The number of halogens is 1. The van der Waals surface area contributed by atoms with Crippen molar-refractivity contribution >= 4 is 18.3 Å². The predicted molar refractivity (Wildman–Crippen MR) is 70.2 cm³/mol. The van der Waals surface area contributed by atoms with Crippen molar-refractivity contribution in [2.24, 2.45) is 5.92 Å². The molecule has 0 aliphatic carbocycles. The average Bonchev–Trinajstić information content (AvgIpc) is 2.84. The number of carbonyl (C=O) groups excluding carboxylic acids is 2. The van der Waals surface area contributed by atoms with Gasteiger partial charge in [0.05, 0.1) is 19.0 Å². The second-order valence-corrected chi connectivity index (χ2v) is 5.24. The van der Waals surface area contributed by atoms with Crippen molar-refractivity contribution in [1.29, 1.82) is 0 Å². The maximum atomic E-state index is 13.4. The van der Waals surface area contributed by atoms with E-state index in [9.17, 15) is 24.0 Å². The van der Waals surface area contributed by atoms with E-state index in [1.54, 1.807) is 0 Å². The number of carboxylic acid groups (broad SMARTS) is 1. The second kappa shape index (κ2) is 7.92. The SMILES string of the molecule is CCCCC(CN(O)C=O)C(=O)N1CC(F)CC1C(=O)O. The molecule has 8 heteroatoms. The molecule has 0 spiro atoms. The monoisotopic (exact) mass is 304 g/mol. The number of aliphatic carboxylic acids is 1. The van der Waals surface area contributed by atoms with Crippen LogP contribution in [0.15, 0.2) is 0 Å². The molecule has 21 heavy (non-hydrogen) atoms. The van der Waals surface area contributed by atoms with Gasteiger partial charge in [-0.3, -0.25) is 14.8 Å². The molecule has 1 heterocycles. The molecule has 0 bridgehead atoms.